The lowest BCUT2D eigenvalue weighted by Crippen LogP contribution is -2.37. The fraction of sp³-hybridized carbons (Fsp3) is 0.867. The molecule has 1 aliphatic carbocycles. The summed E-state index contributed by atoms with van der Waals surface area (Å²) in [5.74, 6) is 1.52. The van der Waals surface area contributed by atoms with E-state index in [1.165, 1.54) is 38.5 Å². The van der Waals surface area contributed by atoms with Gasteiger partial charge in [0, 0.05) is 5.92 Å². The zero-order valence-electron chi connectivity index (χ0n) is 11.1. The summed E-state index contributed by atoms with van der Waals surface area (Å²) in [4.78, 5) is 0. The molecule has 16 heavy (non-hydrogen) atoms. The molecule has 0 aromatic rings. The van der Waals surface area contributed by atoms with Gasteiger partial charge in [-0.25, -0.2) is 0 Å². The van der Waals surface area contributed by atoms with E-state index in [1.54, 1.807) is 5.57 Å². The van der Waals surface area contributed by atoms with E-state index >= 15 is 0 Å². The van der Waals surface area contributed by atoms with E-state index in [-0.39, 0.29) is 5.60 Å². The number of rotatable bonds is 4. The third-order valence-corrected chi connectivity index (χ3v) is 4.45. The minimum atomic E-state index is 0.228. The summed E-state index contributed by atoms with van der Waals surface area (Å²) >= 11 is 0. The third kappa shape index (κ3) is 2.07. The Morgan fingerprint density at radius 2 is 2.00 bits per heavy atom. The molecule has 2 aliphatic rings. The highest BCUT2D eigenvalue weighted by Crippen LogP contribution is 2.48. The van der Waals surface area contributed by atoms with Crippen molar-refractivity contribution in [3.8, 4) is 0 Å². The van der Waals surface area contributed by atoms with E-state index in [9.17, 15) is 0 Å². The van der Waals surface area contributed by atoms with Crippen LogP contribution in [0.5, 0.6) is 0 Å². The van der Waals surface area contributed by atoms with Crippen molar-refractivity contribution in [1.82, 2.24) is 0 Å². The van der Waals surface area contributed by atoms with Gasteiger partial charge in [-0.05, 0) is 38.5 Å². The van der Waals surface area contributed by atoms with Crippen molar-refractivity contribution in [3.05, 3.63) is 11.6 Å². The Morgan fingerprint density at radius 1 is 1.31 bits per heavy atom. The molecule has 2 rings (SSSR count). The van der Waals surface area contributed by atoms with Gasteiger partial charge < -0.3 is 4.74 Å². The fourth-order valence-electron chi connectivity index (χ4n) is 3.84. The number of hydrogen-bond donors (Lipinski definition) is 0. The van der Waals surface area contributed by atoms with Crippen molar-refractivity contribution < 1.29 is 4.74 Å². The Hall–Kier alpha value is -0.300. The first-order chi connectivity index (χ1) is 7.72. The summed E-state index contributed by atoms with van der Waals surface area (Å²) in [5, 5.41) is 0. The van der Waals surface area contributed by atoms with Crippen molar-refractivity contribution >= 4 is 0 Å². The highest BCUT2D eigenvalue weighted by atomic mass is 16.5. The highest BCUT2D eigenvalue weighted by molar-refractivity contribution is 5.13. The minimum Gasteiger partial charge on any atom is -0.374 e. The van der Waals surface area contributed by atoms with Gasteiger partial charge in [-0.2, -0.15) is 0 Å². The molecule has 1 fully saturated rings. The highest BCUT2D eigenvalue weighted by Gasteiger charge is 2.48. The summed E-state index contributed by atoms with van der Waals surface area (Å²) in [6.45, 7) is 7.83. The normalized spacial score (nSPS) is 32.3. The van der Waals surface area contributed by atoms with E-state index in [4.69, 9.17) is 4.74 Å². The molecule has 0 amide bonds. The maximum Gasteiger partial charge on any atom is 0.0717 e. The second-order valence-corrected chi connectivity index (χ2v) is 5.70. The van der Waals surface area contributed by atoms with E-state index in [1.807, 2.05) is 0 Å². The van der Waals surface area contributed by atoms with Crippen molar-refractivity contribution in [3.63, 3.8) is 0 Å². The zero-order valence-corrected chi connectivity index (χ0v) is 11.1. The van der Waals surface area contributed by atoms with E-state index in [0.717, 1.165) is 12.5 Å². The molecule has 1 heterocycles. The molecule has 2 atom stereocenters. The molecule has 1 saturated heterocycles. The van der Waals surface area contributed by atoms with Crippen LogP contribution in [-0.2, 0) is 4.74 Å². The molecule has 1 nitrogen and oxygen atoms in total. The molecular formula is C15H26O. The predicted octanol–water partition coefficient (Wildman–Crippen LogP) is 4.33. The quantitative estimate of drug-likeness (QED) is 0.643. The Balaban J connectivity index is 2.16. The Morgan fingerprint density at radius 3 is 2.62 bits per heavy atom. The molecule has 0 N–H and O–H groups in total. The van der Waals surface area contributed by atoms with Gasteiger partial charge in [-0.1, -0.05) is 38.3 Å². The van der Waals surface area contributed by atoms with Crippen LogP contribution in [0.4, 0.5) is 0 Å². The van der Waals surface area contributed by atoms with Crippen LogP contribution < -0.4 is 0 Å². The van der Waals surface area contributed by atoms with Crippen LogP contribution >= 0.6 is 0 Å². The first-order valence-electron chi connectivity index (χ1n) is 7.03. The van der Waals surface area contributed by atoms with E-state index in [0.29, 0.717) is 5.92 Å². The average molecular weight is 222 g/mol. The van der Waals surface area contributed by atoms with Gasteiger partial charge in [-0.3, -0.25) is 0 Å². The number of allylic oxidation sites excluding steroid dienone is 1. The van der Waals surface area contributed by atoms with Crippen molar-refractivity contribution in [2.75, 3.05) is 6.61 Å². The molecule has 0 saturated carbocycles. The Kier molecular flexibility index (Phi) is 3.73. The molecule has 0 radical (unpaired) electrons. The van der Waals surface area contributed by atoms with Gasteiger partial charge in [0.15, 0.2) is 0 Å². The van der Waals surface area contributed by atoms with Gasteiger partial charge >= 0.3 is 0 Å². The lowest BCUT2D eigenvalue weighted by Gasteiger charge is -2.37. The second kappa shape index (κ2) is 4.91. The molecule has 0 aromatic carbocycles. The molecule has 1 aliphatic heterocycles. The van der Waals surface area contributed by atoms with Crippen molar-refractivity contribution in [2.24, 2.45) is 11.8 Å². The smallest absolute Gasteiger partial charge is 0.0717 e. The first kappa shape index (κ1) is 12.2. The van der Waals surface area contributed by atoms with Gasteiger partial charge in [0.1, 0.15) is 0 Å². The maximum absolute atomic E-state index is 6.27. The molecule has 2 unspecified atom stereocenters. The largest absolute Gasteiger partial charge is 0.374 e. The summed E-state index contributed by atoms with van der Waals surface area (Å²) in [7, 11) is 0. The minimum absolute atomic E-state index is 0.228. The van der Waals surface area contributed by atoms with Gasteiger partial charge in [-0.15, -0.1) is 0 Å². The summed E-state index contributed by atoms with van der Waals surface area (Å²) in [5.41, 5.74) is 1.80. The lowest BCUT2D eigenvalue weighted by atomic mass is 9.70. The van der Waals surface area contributed by atoms with Crippen LogP contribution in [0.25, 0.3) is 0 Å². The molecule has 1 heteroatoms. The van der Waals surface area contributed by atoms with Gasteiger partial charge in [0.2, 0.25) is 0 Å². The number of hydrogen-bond acceptors (Lipinski definition) is 1. The lowest BCUT2D eigenvalue weighted by molar-refractivity contribution is -0.0383. The molecule has 92 valence electrons. The molecular weight excluding hydrogens is 196 g/mol. The van der Waals surface area contributed by atoms with Gasteiger partial charge in [0.05, 0.1) is 12.2 Å². The second-order valence-electron chi connectivity index (χ2n) is 5.70. The maximum atomic E-state index is 6.27. The first-order valence-corrected chi connectivity index (χ1v) is 7.03. The standard InChI is InChI=1S/C15H26O/c1-4-8-15(9-5-2)14-7-6-12(3)10-13(14)11-16-15/h10,13-14H,4-9,11H2,1-3H3. The van der Waals surface area contributed by atoms with E-state index < -0.39 is 0 Å². The summed E-state index contributed by atoms with van der Waals surface area (Å²) < 4.78 is 6.27. The van der Waals surface area contributed by atoms with Gasteiger partial charge in [0.25, 0.3) is 0 Å². The van der Waals surface area contributed by atoms with Crippen molar-refractivity contribution in [1.29, 1.82) is 0 Å². The molecule has 0 aromatic heterocycles. The molecule has 0 spiro atoms. The molecule has 0 bridgehead atoms. The Labute approximate surface area is 100 Å². The Bertz CT molecular complexity index is 261. The van der Waals surface area contributed by atoms with Crippen LogP contribution in [0, 0.1) is 11.8 Å². The van der Waals surface area contributed by atoms with Crippen molar-refractivity contribution in [2.45, 2.75) is 64.9 Å². The topological polar surface area (TPSA) is 9.23 Å². The SMILES string of the molecule is CCCC1(CCC)OCC2C=C(C)CCC21. The number of fused-ring (bicyclic) bond motifs is 1. The van der Waals surface area contributed by atoms with Crippen LogP contribution in [-0.4, -0.2) is 12.2 Å². The van der Waals surface area contributed by atoms with Crippen LogP contribution in [0.3, 0.4) is 0 Å². The number of ether oxygens (including phenoxy) is 1. The van der Waals surface area contributed by atoms with Crippen LogP contribution in [0.15, 0.2) is 11.6 Å². The summed E-state index contributed by atoms with van der Waals surface area (Å²) in [6.07, 6.45) is 10.2. The van der Waals surface area contributed by atoms with Crippen LogP contribution in [0.1, 0.15) is 59.3 Å². The third-order valence-electron chi connectivity index (χ3n) is 4.45. The summed E-state index contributed by atoms with van der Waals surface area (Å²) in [6, 6.07) is 0. The fourth-order valence-corrected chi connectivity index (χ4v) is 3.84. The van der Waals surface area contributed by atoms with E-state index in [2.05, 4.69) is 26.8 Å². The predicted molar refractivity (Wildman–Crippen MR) is 68.5 cm³/mol. The zero-order chi connectivity index (χ0) is 11.6. The van der Waals surface area contributed by atoms with Crippen LogP contribution in [0.2, 0.25) is 0 Å². The monoisotopic (exact) mass is 222 g/mol. The average Bonchev–Trinajstić information content (AvgIpc) is 2.58.